The van der Waals surface area contributed by atoms with Gasteiger partial charge in [-0.25, -0.2) is 0 Å². The summed E-state index contributed by atoms with van der Waals surface area (Å²) < 4.78 is 5.76. The van der Waals surface area contributed by atoms with Crippen LogP contribution in [0.5, 0.6) is 0 Å². The molecule has 4 rings (SSSR count). The number of carbonyl (C=O) groups is 1. The summed E-state index contributed by atoms with van der Waals surface area (Å²) in [5, 5.41) is 7.91. The van der Waals surface area contributed by atoms with Crippen molar-refractivity contribution in [1.82, 2.24) is 10.2 Å². The average Bonchev–Trinajstić information content (AvgIpc) is 3.26. The van der Waals surface area contributed by atoms with E-state index in [2.05, 4.69) is 22.1 Å². The van der Waals surface area contributed by atoms with Crippen LogP contribution in [-0.4, -0.2) is 35.6 Å². The first kappa shape index (κ1) is 13.7. The van der Waals surface area contributed by atoms with Gasteiger partial charge in [0.25, 0.3) is 0 Å². The van der Waals surface area contributed by atoms with Gasteiger partial charge in [0.2, 0.25) is 5.91 Å². The molecule has 1 N–H and O–H groups in total. The second-order valence-electron chi connectivity index (χ2n) is 6.49. The minimum atomic E-state index is -0.300. The number of amides is 1. The van der Waals surface area contributed by atoms with Crippen LogP contribution in [0.2, 0.25) is 0 Å². The van der Waals surface area contributed by atoms with Crippen LogP contribution in [0.25, 0.3) is 0 Å². The molecule has 3 heterocycles. The highest BCUT2D eigenvalue weighted by Crippen LogP contribution is 2.41. The molecule has 3 aliphatic rings. The molecular formula is C16H22N2O2S. The normalized spacial score (nSPS) is 31.6. The zero-order valence-corrected chi connectivity index (χ0v) is 13.0. The third-order valence-corrected chi connectivity index (χ3v) is 5.84. The van der Waals surface area contributed by atoms with Crippen LogP contribution >= 0.6 is 11.3 Å². The Kier molecular flexibility index (Phi) is 3.52. The van der Waals surface area contributed by atoms with Crippen LogP contribution in [0.3, 0.4) is 0 Å². The Morgan fingerprint density at radius 1 is 1.38 bits per heavy atom. The largest absolute Gasteiger partial charge is 0.376 e. The van der Waals surface area contributed by atoms with Crippen molar-refractivity contribution in [3.63, 3.8) is 0 Å². The van der Waals surface area contributed by atoms with Crippen LogP contribution in [0, 0.1) is 0 Å². The molecule has 1 saturated carbocycles. The minimum Gasteiger partial charge on any atom is -0.376 e. The van der Waals surface area contributed by atoms with Crippen LogP contribution in [0.1, 0.15) is 50.3 Å². The molecule has 4 nitrogen and oxygen atoms in total. The molecule has 2 unspecified atom stereocenters. The van der Waals surface area contributed by atoms with Crippen molar-refractivity contribution in [2.75, 3.05) is 13.2 Å². The highest BCUT2D eigenvalue weighted by molar-refractivity contribution is 7.07. The quantitative estimate of drug-likeness (QED) is 0.933. The van der Waals surface area contributed by atoms with E-state index in [1.165, 1.54) is 5.56 Å². The number of ether oxygens (including phenoxy) is 1. The highest BCUT2D eigenvalue weighted by Gasteiger charge is 2.53. The van der Waals surface area contributed by atoms with E-state index in [0.29, 0.717) is 5.91 Å². The average molecular weight is 306 g/mol. The molecule has 1 amide bonds. The Labute approximate surface area is 129 Å². The van der Waals surface area contributed by atoms with Crippen molar-refractivity contribution in [2.24, 2.45) is 0 Å². The van der Waals surface area contributed by atoms with Gasteiger partial charge >= 0.3 is 0 Å². The number of rotatable bonds is 3. The lowest BCUT2D eigenvalue weighted by molar-refractivity contribution is -0.134. The fraction of sp³-hybridized carbons (Fsp3) is 0.688. The van der Waals surface area contributed by atoms with Gasteiger partial charge in [0.05, 0.1) is 11.6 Å². The second kappa shape index (κ2) is 5.38. The number of nitrogens with zero attached hydrogens (tertiary/aromatic N) is 1. The Balaban J connectivity index is 1.61. The number of thiophene rings is 1. The second-order valence-corrected chi connectivity index (χ2v) is 7.27. The maximum atomic E-state index is 13.0. The van der Waals surface area contributed by atoms with Crippen LogP contribution in [0.15, 0.2) is 16.8 Å². The molecule has 114 valence electrons. The van der Waals surface area contributed by atoms with Gasteiger partial charge in [-0.3, -0.25) is 10.1 Å². The maximum Gasteiger partial charge on any atom is 0.244 e. The fourth-order valence-corrected chi connectivity index (χ4v) is 4.70. The predicted molar refractivity (Wildman–Crippen MR) is 82.1 cm³/mol. The third kappa shape index (κ3) is 2.31. The highest BCUT2D eigenvalue weighted by atomic mass is 32.1. The Morgan fingerprint density at radius 2 is 2.24 bits per heavy atom. The molecule has 5 heteroatoms. The molecule has 2 saturated heterocycles. The summed E-state index contributed by atoms with van der Waals surface area (Å²) in [7, 11) is 0. The number of hydrogen-bond donors (Lipinski definition) is 1. The van der Waals surface area contributed by atoms with Crippen molar-refractivity contribution in [1.29, 1.82) is 0 Å². The third-order valence-electron chi connectivity index (χ3n) is 5.14. The smallest absolute Gasteiger partial charge is 0.244 e. The summed E-state index contributed by atoms with van der Waals surface area (Å²) in [4.78, 5) is 15.1. The monoisotopic (exact) mass is 306 g/mol. The SMILES string of the molecule is O=C1N(CC2CCCO2)C(c2ccsc2)NC12CCCC2. The van der Waals surface area contributed by atoms with E-state index in [9.17, 15) is 4.79 Å². The van der Waals surface area contributed by atoms with E-state index in [-0.39, 0.29) is 17.8 Å². The molecule has 1 spiro atoms. The minimum absolute atomic E-state index is 0.0334. The van der Waals surface area contributed by atoms with E-state index in [4.69, 9.17) is 4.74 Å². The van der Waals surface area contributed by atoms with Crippen LogP contribution < -0.4 is 5.32 Å². The van der Waals surface area contributed by atoms with Crippen molar-refractivity contribution < 1.29 is 9.53 Å². The molecule has 0 aromatic carbocycles. The lowest BCUT2D eigenvalue weighted by Gasteiger charge is -2.26. The number of carbonyl (C=O) groups excluding carboxylic acids is 1. The zero-order chi connectivity index (χ0) is 14.3. The molecule has 0 bridgehead atoms. The van der Waals surface area contributed by atoms with Gasteiger partial charge in [0.15, 0.2) is 0 Å². The van der Waals surface area contributed by atoms with E-state index in [1.807, 2.05) is 4.90 Å². The molecular weight excluding hydrogens is 284 g/mol. The Bertz CT molecular complexity index is 504. The van der Waals surface area contributed by atoms with Gasteiger partial charge in [-0.05, 0) is 48.1 Å². The predicted octanol–water partition coefficient (Wildman–Crippen LogP) is 2.67. The maximum absolute atomic E-state index is 13.0. The first-order valence-corrected chi connectivity index (χ1v) is 8.95. The first-order valence-electron chi connectivity index (χ1n) is 8.01. The van der Waals surface area contributed by atoms with Crippen LogP contribution in [0.4, 0.5) is 0 Å². The molecule has 21 heavy (non-hydrogen) atoms. The standard InChI is InChI=1S/C16H22N2O2S/c19-15-16(6-1-2-7-16)17-14(12-5-9-21-11-12)18(15)10-13-4-3-8-20-13/h5,9,11,13-14,17H,1-4,6-8,10H2. The summed E-state index contributed by atoms with van der Waals surface area (Å²) in [5.41, 5.74) is 0.917. The van der Waals surface area contributed by atoms with Crippen LogP contribution in [-0.2, 0) is 9.53 Å². The van der Waals surface area contributed by atoms with E-state index in [1.54, 1.807) is 11.3 Å². The lowest BCUT2D eigenvalue weighted by Crippen LogP contribution is -2.44. The fourth-order valence-electron chi connectivity index (χ4n) is 4.02. The molecule has 2 aliphatic heterocycles. The molecule has 1 aromatic rings. The molecule has 2 atom stereocenters. The van der Waals surface area contributed by atoms with E-state index >= 15 is 0 Å². The van der Waals surface area contributed by atoms with Crippen molar-refractivity contribution in [3.8, 4) is 0 Å². The molecule has 1 aliphatic carbocycles. The molecule has 1 aromatic heterocycles. The summed E-state index contributed by atoms with van der Waals surface area (Å²) in [6.07, 6.45) is 6.72. The van der Waals surface area contributed by atoms with Gasteiger partial charge in [0, 0.05) is 13.2 Å². The topological polar surface area (TPSA) is 41.6 Å². The molecule has 3 fully saturated rings. The summed E-state index contributed by atoms with van der Waals surface area (Å²) in [6.45, 7) is 1.57. The summed E-state index contributed by atoms with van der Waals surface area (Å²) >= 11 is 1.69. The van der Waals surface area contributed by atoms with Gasteiger partial charge in [-0.15, -0.1) is 0 Å². The van der Waals surface area contributed by atoms with Gasteiger partial charge < -0.3 is 9.64 Å². The van der Waals surface area contributed by atoms with E-state index in [0.717, 1.165) is 51.7 Å². The van der Waals surface area contributed by atoms with Gasteiger partial charge in [-0.1, -0.05) is 12.8 Å². The number of nitrogens with one attached hydrogen (secondary N) is 1. The zero-order valence-electron chi connectivity index (χ0n) is 12.2. The lowest BCUT2D eigenvalue weighted by atomic mass is 9.98. The van der Waals surface area contributed by atoms with Crippen molar-refractivity contribution >= 4 is 17.2 Å². The van der Waals surface area contributed by atoms with Gasteiger partial charge in [-0.2, -0.15) is 11.3 Å². The summed E-state index contributed by atoms with van der Waals surface area (Å²) in [6, 6.07) is 2.13. The molecule has 0 radical (unpaired) electrons. The Morgan fingerprint density at radius 3 is 2.90 bits per heavy atom. The Hall–Kier alpha value is -0.910. The summed E-state index contributed by atoms with van der Waals surface area (Å²) in [5.74, 6) is 0.298. The first-order chi connectivity index (χ1) is 10.3. The van der Waals surface area contributed by atoms with Gasteiger partial charge in [0.1, 0.15) is 6.17 Å². The van der Waals surface area contributed by atoms with E-state index < -0.39 is 0 Å². The van der Waals surface area contributed by atoms with Crippen molar-refractivity contribution in [3.05, 3.63) is 22.4 Å². The van der Waals surface area contributed by atoms with Crippen molar-refractivity contribution in [2.45, 2.75) is 56.3 Å². The number of hydrogen-bond acceptors (Lipinski definition) is 4.